The summed E-state index contributed by atoms with van der Waals surface area (Å²) in [5.41, 5.74) is 7.54. The third-order valence-corrected chi connectivity index (χ3v) is 5.05. The third kappa shape index (κ3) is 5.36. The van der Waals surface area contributed by atoms with Gasteiger partial charge in [-0.3, -0.25) is 19.7 Å². The van der Waals surface area contributed by atoms with Crippen molar-refractivity contribution in [2.75, 3.05) is 11.1 Å². The average Bonchev–Trinajstić information content (AvgIpc) is 3.28. The lowest BCUT2D eigenvalue weighted by Gasteiger charge is -2.22. The zero-order valence-electron chi connectivity index (χ0n) is 17.9. The molecule has 0 saturated heterocycles. The Morgan fingerprint density at radius 3 is 2.73 bits per heavy atom. The number of nitrogens with two attached hydrogens (primary N) is 1. The van der Waals surface area contributed by atoms with Gasteiger partial charge in [-0.1, -0.05) is 23.7 Å². The normalized spacial score (nSPS) is 10.5. The van der Waals surface area contributed by atoms with E-state index in [9.17, 15) is 14.0 Å². The fourth-order valence-electron chi connectivity index (χ4n) is 3.11. The monoisotopic (exact) mass is 489 g/mol. The Morgan fingerprint density at radius 2 is 2.00 bits per heavy atom. The van der Waals surface area contributed by atoms with E-state index in [0.717, 1.165) is 6.07 Å². The molecule has 3 aromatic heterocycles. The van der Waals surface area contributed by atoms with Gasteiger partial charge in [0, 0.05) is 17.8 Å². The zero-order chi connectivity index (χ0) is 22.7. The summed E-state index contributed by atoms with van der Waals surface area (Å²) in [6.45, 7) is 0.0155. The molecule has 0 atom stereocenters. The van der Waals surface area contributed by atoms with Crippen LogP contribution in [0.3, 0.4) is 0 Å². The van der Waals surface area contributed by atoms with E-state index in [1.807, 2.05) is 0 Å². The number of carbonyl (C=O) groups excluding carboxylic acids is 2. The van der Waals surface area contributed by atoms with Crippen LogP contribution in [-0.4, -0.2) is 36.9 Å². The van der Waals surface area contributed by atoms with Crippen molar-refractivity contribution in [3.63, 3.8) is 0 Å². The SMILES string of the molecule is Nc1ncc(NC(=O)C(=O)N(Cc2ccccn2)Cc2ccc(F)cc2Cl)c2[nH]ncc12.[Cl-].[H+]. The van der Waals surface area contributed by atoms with Crippen LogP contribution in [0.2, 0.25) is 5.02 Å². The maximum Gasteiger partial charge on any atom is 1.00 e. The second-order valence-corrected chi connectivity index (χ2v) is 7.30. The first kappa shape index (κ1) is 23.9. The molecule has 0 fully saturated rings. The van der Waals surface area contributed by atoms with Gasteiger partial charge in [-0.15, -0.1) is 0 Å². The minimum absolute atomic E-state index is 0. The first-order chi connectivity index (χ1) is 15.4. The molecule has 33 heavy (non-hydrogen) atoms. The van der Waals surface area contributed by atoms with Gasteiger partial charge in [0.05, 0.1) is 41.2 Å². The molecule has 4 aromatic rings. The highest BCUT2D eigenvalue weighted by Gasteiger charge is 2.25. The van der Waals surface area contributed by atoms with Crippen molar-refractivity contribution >= 4 is 45.8 Å². The summed E-state index contributed by atoms with van der Waals surface area (Å²) in [6.07, 6.45) is 4.39. The maximum absolute atomic E-state index is 13.4. The van der Waals surface area contributed by atoms with Crippen molar-refractivity contribution in [1.29, 1.82) is 0 Å². The molecule has 0 bridgehead atoms. The van der Waals surface area contributed by atoms with Crippen molar-refractivity contribution in [2.45, 2.75) is 13.1 Å². The fourth-order valence-corrected chi connectivity index (χ4v) is 3.34. The minimum Gasteiger partial charge on any atom is -1.00 e. The second kappa shape index (κ2) is 10.2. The number of benzene rings is 1. The van der Waals surface area contributed by atoms with Crippen molar-refractivity contribution in [3.8, 4) is 0 Å². The largest absolute Gasteiger partial charge is 1.00 e. The van der Waals surface area contributed by atoms with E-state index >= 15 is 0 Å². The van der Waals surface area contributed by atoms with Gasteiger partial charge in [0.1, 0.15) is 11.6 Å². The number of amides is 2. The molecule has 0 aliphatic rings. The number of rotatable bonds is 5. The van der Waals surface area contributed by atoms with Crippen LogP contribution in [0.1, 0.15) is 12.7 Å². The minimum atomic E-state index is -0.901. The summed E-state index contributed by atoms with van der Waals surface area (Å²) >= 11 is 6.13. The Kier molecular flexibility index (Phi) is 7.41. The first-order valence-electron chi connectivity index (χ1n) is 9.44. The third-order valence-electron chi connectivity index (χ3n) is 4.70. The van der Waals surface area contributed by atoms with E-state index in [1.165, 1.54) is 29.4 Å². The van der Waals surface area contributed by atoms with Gasteiger partial charge in [-0.25, -0.2) is 9.37 Å². The lowest BCUT2D eigenvalue weighted by atomic mass is 10.2. The van der Waals surface area contributed by atoms with Gasteiger partial charge < -0.3 is 28.4 Å². The van der Waals surface area contributed by atoms with E-state index in [0.29, 0.717) is 22.2 Å². The number of nitrogens with zero attached hydrogens (tertiary/aromatic N) is 4. The topological polar surface area (TPSA) is 130 Å². The molecule has 1 aromatic carbocycles. The summed E-state index contributed by atoms with van der Waals surface area (Å²) in [5.74, 6) is -2.00. The van der Waals surface area contributed by atoms with Crippen LogP contribution in [0, 0.1) is 5.82 Å². The molecular weight excluding hydrogens is 472 g/mol. The molecule has 4 rings (SSSR count). The second-order valence-electron chi connectivity index (χ2n) is 6.89. The molecule has 0 radical (unpaired) electrons. The fraction of sp³-hybridized carbons (Fsp3) is 0.0952. The number of fused-ring (bicyclic) bond motifs is 1. The number of carbonyl (C=O) groups is 2. The molecule has 170 valence electrons. The number of hydrogen-bond acceptors (Lipinski definition) is 6. The van der Waals surface area contributed by atoms with Gasteiger partial charge in [-0.2, -0.15) is 5.10 Å². The predicted octanol–water partition coefficient (Wildman–Crippen LogP) is 0.0116. The quantitative estimate of drug-likeness (QED) is 0.338. The van der Waals surface area contributed by atoms with Gasteiger partial charge >= 0.3 is 13.2 Å². The van der Waals surface area contributed by atoms with Crippen LogP contribution in [0.25, 0.3) is 10.9 Å². The van der Waals surface area contributed by atoms with Crippen molar-refractivity contribution in [1.82, 2.24) is 25.1 Å². The summed E-state index contributed by atoms with van der Waals surface area (Å²) < 4.78 is 13.4. The van der Waals surface area contributed by atoms with Gasteiger partial charge in [-0.05, 0) is 29.8 Å². The molecule has 0 spiro atoms. The number of nitrogen functional groups attached to an aromatic ring is 1. The Morgan fingerprint density at radius 1 is 1.18 bits per heavy atom. The standard InChI is InChI=1S/C21H17ClFN7O2.ClH/c22-16-7-13(23)5-4-12(16)10-30(11-14-3-1-2-6-25-14)21(32)20(31)28-17-9-26-19(24)15-8-27-29-18(15)17;/h1-9H,10-11H2,(H2,24,26)(H,27,29)(H,28,31);1H. The molecular formula is C21H18Cl2FN7O2. The number of pyridine rings is 2. The highest BCUT2D eigenvalue weighted by molar-refractivity contribution is 6.40. The van der Waals surface area contributed by atoms with Crippen LogP contribution >= 0.6 is 11.6 Å². The molecule has 9 nitrogen and oxygen atoms in total. The Labute approximate surface area is 200 Å². The smallest absolute Gasteiger partial charge is 1.00 e. The predicted molar refractivity (Wildman–Crippen MR) is 118 cm³/mol. The lowest BCUT2D eigenvalue weighted by Crippen LogP contribution is -3.00. The van der Waals surface area contributed by atoms with E-state index in [1.54, 1.807) is 24.4 Å². The average molecular weight is 490 g/mol. The highest BCUT2D eigenvalue weighted by Crippen LogP contribution is 2.24. The number of aromatic amines is 1. The van der Waals surface area contributed by atoms with E-state index < -0.39 is 17.6 Å². The Bertz CT molecular complexity index is 1310. The van der Waals surface area contributed by atoms with E-state index in [-0.39, 0.29) is 43.5 Å². The number of anilines is 2. The van der Waals surface area contributed by atoms with Crippen molar-refractivity contribution in [3.05, 3.63) is 77.1 Å². The summed E-state index contributed by atoms with van der Waals surface area (Å²) in [4.78, 5) is 35.4. The van der Waals surface area contributed by atoms with Gasteiger partial charge in [0.2, 0.25) is 0 Å². The molecule has 12 heteroatoms. The summed E-state index contributed by atoms with van der Waals surface area (Å²) in [6, 6.07) is 9.08. The van der Waals surface area contributed by atoms with Crippen LogP contribution in [0.4, 0.5) is 15.9 Å². The molecule has 4 N–H and O–H groups in total. The number of halogens is 3. The summed E-state index contributed by atoms with van der Waals surface area (Å²) in [7, 11) is 0. The molecule has 2 amide bonds. The Balaban J connectivity index is 0.00000204. The summed E-state index contributed by atoms with van der Waals surface area (Å²) in [5, 5.41) is 9.81. The lowest BCUT2D eigenvalue weighted by molar-refractivity contribution is -0.144. The van der Waals surface area contributed by atoms with Crippen LogP contribution < -0.4 is 23.5 Å². The van der Waals surface area contributed by atoms with E-state index in [4.69, 9.17) is 17.3 Å². The molecule has 0 saturated carbocycles. The number of H-pyrrole nitrogens is 1. The maximum atomic E-state index is 13.4. The van der Waals surface area contributed by atoms with Crippen LogP contribution in [-0.2, 0) is 22.7 Å². The van der Waals surface area contributed by atoms with Crippen molar-refractivity contribution in [2.24, 2.45) is 0 Å². The molecule has 0 aliphatic heterocycles. The zero-order valence-corrected chi connectivity index (χ0v) is 18.4. The van der Waals surface area contributed by atoms with Crippen molar-refractivity contribution < 1.29 is 27.8 Å². The van der Waals surface area contributed by atoms with Gasteiger partial charge in [0.25, 0.3) is 0 Å². The highest BCUT2D eigenvalue weighted by atomic mass is 35.5. The molecule has 0 unspecified atom stereocenters. The van der Waals surface area contributed by atoms with Crippen LogP contribution in [0.5, 0.6) is 0 Å². The molecule has 0 aliphatic carbocycles. The van der Waals surface area contributed by atoms with E-state index in [2.05, 4.69) is 25.5 Å². The number of aromatic nitrogens is 4. The Hall–Kier alpha value is -3.76. The van der Waals surface area contributed by atoms with Crippen LogP contribution in [0.15, 0.2) is 55.0 Å². The number of hydrogen-bond donors (Lipinski definition) is 3. The number of nitrogens with one attached hydrogen (secondary N) is 2. The van der Waals surface area contributed by atoms with Gasteiger partial charge in [0.15, 0.2) is 0 Å². The first-order valence-corrected chi connectivity index (χ1v) is 9.82. The molecule has 3 heterocycles.